The van der Waals surface area contributed by atoms with Crippen LogP contribution in [0.5, 0.6) is 0 Å². The first-order valence-corrected chi connectivity index (χ1v) is 14.2. The van der Waals surface area contributed by atoms with Crippen molar-refractivity contribution in [2.45, 2.75) is 0 Å². The van der Waals surface area contributed by atoms with Gasteiger partial charge in [-0.1, -0.05) is 115 Å². The summed E-state index contributed by atoms with van der Waals surface area (Å²) in [4.78, 5) is 5.26. The van der Waals surface area contributed by atoms with Crippen molar-refractivity contribution in [3.05, 3.63) is 152 Å². The van der Waals surface area contributed by atoms with Gasteiger partial charge < -0.3 is 4.57 Å². The summed E-state index contributed by atoms with van der Waals surface area (Å²) < 4.78 is 2.36. The maximum absolute atomic E-state index is 5.26. The second kappa shape index (κ2) is 9.74. The number of fused-ring (bicyclic) bond motifs is 3. The zero-order valence-corrected chi connectivity index (χ0v) is 21.7. The van der Waals surface area contributed by atoms with Crippen LogP contribution in [0, 0.1) is 0 Å². The molecule has 7 rings (SSSR count). The van der Waals surface area contributed by atoms with Gasteiger partial charge >= 0.3 is 0 Å². The van der Waals surface area contributed by atoms with Gasteiger partial charge in [-0.3, -0.25) is 0 Å². The van der Waals surface area contributed by atoms with E-state index in [2.05, 4.69) is 156 Å². The summed E-state index contributed by atoms with van der Waals surface area (Å²) in [6, 6.07) is 54.0. The van der Waals surface area contributed by atoms with E-state index in [4.69, 9.17) is 4.98 Å². The van der Waals surface area contributed by atoms with Crippen LogP contribution in [-0.4, -0.2) is 9.55 Å². The lowest BCUT2D eigenvalue weighted by atomic mass is 10.1. The molecule has 2 nitrogen and oxygen atoms in total. The number of rotatable bonds is 5. The van der Waals surface area contributed by atoms with Crippen molar-refractivity contribution in [3.8, 4) is 16.9 Å². The smallest absolute Gasteiger partial charge is 0.0728 e. The Kier molecular flexibility index (Phi) is 5.81. The standard InChI is InChI=1S/C35H25N2P/c1-3-15-28(16-4-1)38(29-17-5-2-6-18-29)35-24-12-21-32(36-35)26-13-11-14-27(25-26)37-33-22-9-7-19-30(33)31-20-8-10-23-34(31)37/h1-25H. The third kappa shape index (κ3) is 4.00. The van der Waals surface area contributed by atoms with Crippen molar-refractivity contribution >= 4 is 45.8 Å². The highest BCUT2D eigenvalue weighted by Crippen LogP contribution is 2.34. The molecule has 0 fully saturated rings. The average Bonchev–Trinajstić information content (AvgIpc) is 3.33. The third-order valence-electron chi connectivity index (χ3n) is 6.97. The van der Waals surface area contributed by atoms with Gasteiger partial charge in [-0.25, -0.2) is 4.98 Å². The van der Waals surface area contributed by atoms with Crippen LogP contribution in [0.2, 0.25) is 0 Å². The molecular formula is C35H25N2P. The van der Waals surface area contributed by atoms with E-state index < -0.39 is 7.92 Å². The molecule has 38 heavy (non-hydrogen) atoms. The molecule has 0 saturated carbocycles. The number of para-hydroxylation sites is 2. The fourth-order valence-corrected chi connectivity index (χ4v) is 7.49. The van der Waals surface area contributed by atoms with Gasteiger partial charge in [0.25, 0.3) is 0 Å². The predicted molar refractivity (Wildman–Crippen MR) is 163 cm³/mol. The highest BCUT2D eigenvalue weighted by molar-refractivity contribution is 7.79. The molecule has 2 heterocycles. The van der Waals surface area contributed by atoms with Crippen molar-refractivity contribution < 1.29 is 0 Å². The van der Waals surface area contributed by atoms with Crippen molar-refractivity contribution in [2.24, 2.45) is 0 Å². The third-order valence-corrected chi connectivity index (χ3v) is 9.31. The lowest BCUT2D eigenvalue weighted by molar-refractivity contribution is 1.18. The van der Waals surface area contributed by atoms with Crippen molar-refractivity contribution in [1.82, 2.24) is 9.55 Å². The van der Waals surface area contributed by atoms with Gasteiger partial charge in [0.1, 0.15) is 0 Å². The SMILES string of the molecule is c1ccc(P(c2ccccc2)c2cccc(-c3cccc(-n4c5ccccc5c5ccccc54)c3)n2)cc1. The van der Waals surface area contributed by atoms with Crippen LogP contribution in [0.3, 0.4) is 0 Å². The Morgan fingerprint density at radius 1 is 0.474 bits per heavy atom. The summed E-state index contributed by atoms with van der Waals surface area (Å²) >= 11 is 0. The summed E-state index contributed by atoms with van der Waals surface area (Å²) in [5, 5.41) is 5.14. The van der Waals surface area contributed by atoms with Gasteiger partial charge in [0.2, 0.25) is 0 Å². The summed E-state index contributed by atoms with van der Waals surface area (Å²) in [5.74, 6) is 0. The fraction of sp³-hybridized carbons (Fsp3) is 0. The largest absolute Gasteiger partial charge is 0.309 e. The van der Waals surface area contributed by atoms with E-state index in [0.29, 0.717) is 0 Å². The van der Waals surface area contributed by atoms with Crippen molar-refractivity contribution in [2.75, 3.05) is 0 Å². The zero-order valence-electron chi connectivity index (χ0n) is 20.8. The summed E-state index contributed by atoms with van der Waals surface area (Å²) in [5.41, 5.74) is 6.78. The van der Waals surface area contributed by atoms with Crippen LogP contribution in [0.25, 0.3) is 38.8 Å². The van der Waals surface area contributed by atoms with E-state index in [1.807, 2.05) is 0 Å². The molecule has 3 heteroatoms. The lowest BCUT2D eigenvalue weighted by Crippen LogP contribution is -2.22. The quantitative estimate of drug-likeness (QED) is 0.221. The number of pyridine rings is 1. The Labute approximate surface area is 223 Å². The minimum atomic E-state index is -0.760. The van der Waals surface area contributed by atoms with Gasteiger partial charge in [0.15, 0.2) is 0 Å². The average molecular weight is 505 g/mol. The Bertz CT molecular complexity index is 1780. The molecule has 0 atom stereocenters. The minimum Gasteiger partial charge on any atom is -0.309 e. The highest BCUT2D eigenvalue weighted by Gasteiger charge is 2.18. The predicted octanol–water partition coefficient (Wildman–Crippen LogP) is 7.60. The Hall–Kier alpha value is -4.52. The number of aromatic nitrogens is 2. The fourth-order valence-electron chi connectivity index (χ4n) is 5.28. The van der Waals surface area contributed by atoms with Crippen LogP contribution in [0.4, 0.5) is 0 Å². The first-order valence-electron chi connectivity index (χ1n) is 12.8. The van der Waals surface area contributed by atoms with E-state index in [-0.39, 0.29) is 0 Å². The van der Waals surface area contributed by atoms with Crippen LogP contribution < -0.4 is 16.0 Å². The molecular weight excluding hydrogens is 479 g/mol. The summed E-state index contributed by atoms with van der Waals surface area (Å²) in [6.45, 7) is 0. The van der Waals surface area contributed by atoms with E-state index in [1.165, 1.54) is 32.4 Å². The van der Waals surface area contributed by atoms with Crippen molar-refractivity contribution in [3.63, 3.8) is 0 Å². The first-order chi connectivity index (χ1) is 18.9. The maximum atomic E-state index is 5.26. The second-order valence-electron chi connectivity index (χ2n) is 9.31. The molecule has 0 aliphatic rings. The van der Waals surface area contributed by atoms with E-state index in [0.717, 1.165) is 22.4 Å². The zero-order chi connectivity index (χ0) is 25.3. The molecule has 0 unspecified atom stereocenters. The minimum absolute atomic E-state index is 0.760. The van der Waals surface area contributed by atoms with Crippen LogP contribution >= 0.6 is 7.92 Å². The van der Waals surface area contributed by atoms with E-state index in [9.17, 15) is 0 Å². The molecule has 0 N–H and O–H groups in total. The topological polar surface area (TPSA) is 17.8 Å². The number of hydrogen-bond donors (Lipinski definition) is 0. The second-order valence-corrected chi connectivity index (χ2v) is 11.5. The first kappa shape index (κ1) is 22.7. The van der Waals surface area contributed by atoms with Gasteiger partial charge in [0, 0.05) is 29.9 Å². The van der Waals surface area contributed by atoms with Crippen LogP contribution in [0.1, 0.15) is 0 Å². The lowest BCUT2D eigenvalue weighted by Gasteiger charge is -2.19. The Balaban J connectivity index is 1.36. The number of nitrogens with zero attached hydrogens (tertiary/aromatic N) is 2. The molecule has 0 amide bonds. The highest BCUT2D eigenvalue weighted by atomic mass is 31.1. The monoisotopic (exact) mass is 504 g/mol. The molecule has 0 aliphatic heterocycles. The summed E-state index contributed by atoms with van der Waals surface area (Å²) in [6.07, 6.45) is 0. The molecule has 0 bridgehead atoms. The molecule has 0 spiro atoms. The number of hydrogen-bond acceptors (Lipinski definition) is 1. The molecule has 180 valence electrons. The molecule has 7 aromatic rings. The Morgan fingerprint density at radius 2 is 1.03 bits per heavy atom. The van der Waals surface area contributed by atoms with Gasteiger partial charge in [-0.2, -0.15) is 0 Å². The molecule has 5 aromatic carbocycles. The van der Waals surface area contributed by atoms with Crippen molar-refractivity contribution in [1.29, 1.82) is 0 Å². The normalized spacial score (nSPS) is 11.4. The van der Waals surface area contributed by atoms with E-state index >= 15 is 0 Å². The van der Waals surface area contributed by atoms with Gasteiger partial charge in [-0.05, 0) is 47.0 Å². The van der Waals surface area contributed by atoms with Crippen LogP contribution in [-0.2, 0) is 0 Å². The molecule has 0 aliphatic carbocycles. The van der Waals surface area contributed by atoms with Gasteiger partial charge in [-0.15, -0.1) is 0 Å². The molecule has 0 radical (unpaired) electrons. The molecule has 0 saturated heterocycles. The maximum Gasteiger partial charge on any atom is 0.0728 e. The Morgan fingerprint density at radius 3 is 1.66 bits per heavy atom. The van der Waals surface area contributed by atoms with Gasteiger partial charge in [0.05, 0.1) is 22.2 Å². The number of benzene rings is 5. The molecule has 2 aromatic heterocycles. The van der Waals surface area contributed by atoms with Crippen LogP contribution in [0.15, 0.2) is 152 Å². The summed E-state index contributed by atoms with van der Waals surface area (Å²) in [7, 11) is -0.760. The van der Waals surface area contributed by atoms with E-state index in [1.54, 1.807) is 0 Å².